The van der Waals surface area contributed by atoms with E-state index in [9.17, 15) is 18.3 Å². The molecule has 0 aromatic heterocycles. The van der Waals surface area contributed by atoms with Gasteiger partial charge in [0.05, 0.1) is 5.60 Å². The first-order valence-electron chi connectivity index (χ1n) is 6.14. The van der Waals surface area contributed by atoms with E-state index in [0.717, 1.165) is 17.6 Å². The Morgan fingerprint density at radius 2 is 1.74 bits per heavy atom. The minimum absolute atomic E-state index is 0.0627. The molecule has 1 saturated heterocycles. The number of hydrogen-bond donors (Lipinski definition) is 2. The second kappa shape index (κ2) is 6.15. The molecule has 2 nitrogen and oxygen atoms in total. The van der Waals surface area contributed by atoms with Crippen molar-refractivity contribution < 1.29 is 18.3 Å². The molecule has 0 aliphatic carbocycles. The van der Waals surface area contributed by atoms with Crippen molar-refractivity contribution in [3.05, 3.63) is 35.1 Å². The number of thioether (sulfide) groups is 1. The monoisotopic (exact) mass is 291 g/mol. The van der Waals surface area contributed by atoms with Gasteiger partial charge >= 0.3 is 0 Å². The molecule has 6 heteroatoms. The second-order valence-electron chi connectivity index (χ2n) is 4.80. The summed E-state index contributed by atoms with van der Waals surface area (Å²) in [5.74, 6) is -1.23. The first kappa shape index (κ1) is 14.7. The molecule has 1 heterocycles. The summed E-state index contributed by atoms with van der Waals surface area (Å²) in [4.78, 5) is 0. The minimum atomic E-state index is -1.19. The van der Waals surface area contributed by atoms with Gasteiger partial charge in [0.2, 0.25) is 0 Å². The molecule has 1 aliphatic heterocycles. The van der Waals surface area contributed by atoms with E-state index in [0.29, 0.717) is 25.5 Å². The molecule has 0 unspecified atom stereocenters. The predicted molar refractivity (Wildman–Crippen MR) is 69.5 cm³/mol. The average molecular weight is 291 g/mol. The Balaban J connectivity index is 1.90. The van der Waals surface area contributed by atoms with E-state index >= 15 is 0 Å². The third-order valence-corrected chi connectivity index (χ3v) is 4.27. The highest BCUT2D eigenvalue weighted by molar-refractivity contribution is 7.99. The van der Waals surface area contributed by atoms with Crippen LogP contribution in [0.25, 0.3) is 0 Å². The summed E-state index contributed by atoms with van der Waals surface area (Å²) >= 11 is 1.79. The molecule has 2 N–H and O–H groups in total. The van der Waals surface area contributed by atoms with Crippen molar-refractivity contribution in [2.45, 2.75) is 25.0 Å². The van der Waals surface area contributed by atoms with Gasteiger partial charge in [-0.2, -0.15) is 11.8 Å². The molecule has 1 fully saturated rings. The summed E-state index contributed by atoms with van der Waals surface area (Å²) in [5.41, 5.74) is -0.715. The van der Waals surface area contributed by atoms with E-state index in [-0.39, 0.29) is 12.1 Å². The third-order valence-electron chi connectivity index (χ3n) is 3.28. The first-order valence-corrected chi connectivity index (χ1v) is 7.30. The predicted octanol–water partition coefficient (Wildman–Crippen LogP) is 2.45. The molecule has 2 rings (SSSR count). The van der Waals surface area contributed by atoms with Gasteiger partial charge in [0.15, 0.2) is 11.6 Å². The number of aliphatic hydroxyl groups is 1. The fraction of sp³-hybridized carbons (Fsp3) is 0.538. The number of halogens is 3. The van der Waals surface area contributed by atoms with Gasteiger partial charge in [0.25, 0.3) is 0 Å². The molecule has 1 aromatic carbocycles. The van der Waals surface area contributed by atoms with Crippen LogP contribution in [0.4, 0.5) is 13.2 Å². The summed E-state index contributed by atoms with van der Waals surface area (Å²) in [6.07, 6.45) is 1.37. The molecule has 0 spiro atoms. The SMILES string of the molecule is OC1(CNCc2cc(F)c(F)cc2F)CCSCC1. The normalized spacial score (nSPS) is 18.5. The van der Waals surface area contributed by atoms with Crippen LogP contribution in [0, 0.1) is 17.5 Å². The molecule has 0 saturated carbocycles. The van der Waals surface area contributed by atoms with E-state index in [1.165, 1.54) is 0 Å². The van der Waals surface area contributed by atoms with E-state index in [2.05, 4.69) is 5.32 Å². The van der Waals surface area contributed by atoms with E-state index in [4.69, 9.17) is 0 Å². The maximum Gasteiger partial charge on any atom is 0.161 e. The van der Waals surface area contributed by atoms with Crippen molar-refractivity contribution in [3.63, 3.8) is 0 Å². The van der Waals surface area contributed by atoms with Crippen LogP contribution in [0.15, 0.2) is 12.1 Å². The molecule has 0 atom stereocenters. The molecule has 0 radical (unpaired) electrons. The molecule has 1 aliphatic rings. The zero-order valence-electron chi connectivity index (χ0n) is 10.4. The van der Waals surface area contributed by atoms with Crippen molar-refractivity contribution in [2.24, 2.45) is 0 Å². The molecular weight excluding hydrogens is 275 g/mol. The van der Waals surface area contributed by atoms with Gasteiger partial charge in [-0.05, 0) is 30.4 Å². The van der Waals surface area contributed by atoms with Gasteiger partial charge in [0.1, 0.15) is 5.82 Å². The van der Waals surface area contributed by atoms with Gasteiger partial charge in [-0.15, -0.1) is 0 Å². The summed E-state index contributed by atoms with van der Waals surface area (Å²) in [6, 6.07) is 1.39. The summed E-state index contributed by atoms with van der Waals surface area (Å²) in [5, 5.41) is 13.1. The zero-order valence-corrected chi connectivity index (χ0v) is 11.2. The standard InChI is InChI=1S/C13H16F3NOS/c14-10-6-12(16)11(15)5-9(10)7-17-8-13(18)1-3-19-4-2-13/h5-6,17-18H,1-4,7-8H2. The van der Waals surface area contributed by atoms with Crippen LogP contribution in [0.1, 0.15) is 18.4 Å². The van der Waals surface area contributed by atoms with Gasteiger partial charge < -0.3 is 10.4 Å². The van der Waals surface area contributed by atoms with Crippen molar-refractivity contribution >= 4 is 11.8 Å². The van der Waals surface area contributed by atoms with Crippen LogP contribution in [0.5, 0.6) is 0 Å². The fourth-order valence-corrected chi connectivity index (χ4v) is 3.31. The highest BCUT2D eigenvalue weighted by Crippen LogP contribution is 2.26. The highest BCUT2D eigenvalue weighted by atomic mass is 32.2. The van der Waals surface area contributed by atoms with Crippen LogP contribution in [0.2, 0.25) is 0 Å². The van der Waals surface area contributed by atoms with Gasteiger partial charge in [0, 0.05) is 24.7 Å². The summed E-state index contributed by atoms with van der Waals surface area (Å²) in [6.45, 7) is 0.393. The van der Waals surface area contributed by atoms with E-state index in [1.807, 2.05) is 0 Å². The Morgan fingerprint density at radius 1 is 1.11 bits per heavy atom. The van der Waals surface area contributed by atoms with Crippen LogP contribution in [-0.2, 0) is 6.54 Å². The lowest BCUT2D eigenvalue weighted by Gasteiger charge is -2.32. The maximum atomic E-state index is 13.4. The molecule has 106 valence electrons. The van der Waals surface area contributed by atoms with Crippen LogP contribution >= 0.6 is 11.8 Å². The van der Waals surface area contributed by atoms with Crippen LogP contribution in [0.3, 0.4) is 0 Å². The van der Waals surface area contributed by atoms with Gasteiger partial charge in [-0.1, -0.05) is 0 Å². The zero-order chi connectivity index (χ0) is 13.9. The molecule has 0 amide bonds. The van der Waals surface area contributed by atoms with Crippen molar-refractivity contribution in [1.29, 1.82) is 0 Å². The largest absolute Gasteiger partial charge is 0.389 e. The lowest BCUT2D eigenvalue weighted by molar-refractivity contribution is 0.0319. The Hall–Kier alpha value is -0.720. The van der Waals surface area contributed by atoms with Gasteiger partial charge in [-0.25, -0.2) is 13.2 Å². The quantitative estimate of drug-likeness (QED) is 0.836. The van der Waals surface area contributed by atoms with Crippen LogP contribution < -0.4 is 5.32 Å². The smallest absolute Gasteiger partial charge is 0.161 e. The highest BCUT2D eigenvalue weighted by Gasteiger charge is 2.28. The maximum absolute atomic E-state index is 13.4. The Kier molecular flexibility index (Phi) is 4.76. The van der Waals surface area contributed by atoms with Crippen molar-refractivity contribution in [3.8, 4) is 0 Å². The molecule has 19 heavy (non-hydrogen) atoms. The van der Waals surface area contributed by atoms with Gasteiger partial charge in [-0.3, -0.25) is 0 Å². The average Bonchev–Trinajstić information content (AvgIpc) is 2.36. The molecule has 0 bridgehead atoms. The minimum Gasteiger partial charge on any atom is -0.389 e. The first-order chi connectivity index (χ1) is 9.00. The topological polar surface area (TPSA) is 32.3 Å². The Labute approximate surface area is 114 Å². The number of benzene rings is 1. The number of rotatable bonds is 4. The third kappa shape index (κ3) is 3.87. The number of hydrogen-bond acceptors (Lipinski definition) is 3. The van der Waals surface area contributed by atoms with E-state index < -0.39 is 23.1 Å². The number of nitrogens with one attached hydrogen (secondary N) is 1. The summed E-state index contributed by atoms with van der Waals surface area (Å²) < 4.78 is 39.1. The van der Waals surface area contributed by atoms with E-state index in [1.54, 1.807) is 11.8 Å². The van der Waals surface area contributed by atoms with Crippen molar-refractivity contribution in [1.82, 2.24) is 5.32 Å². The Bertz CT molecular complexity index is 450. The van der Waals surface area contributed by atoms with Crippen LogP contribution in [-0.4, -0.2) is 28.8 Å². The fourth-order valence-electron chi connectivity index (χ4n) is 2.06. The molecule has 1 aromatic rings. The summed E-state index contributed by atoms with van der Waals surface area (Å²) in [7, 11) is 0. The second-order valence-corrected chi connectivity index (χ2v) is 6.02. The Morgan fingerprint density at radius 3 is 2.42 bits per heavy atom. The van der Waals surface area contributed by atoms with Crippen molar-refractivity contribution in [2.75, 3.05) is 18.1 Å². The lowest BCUT2D eigenvalue weighted by Crippen LogP contribution is -2.43. The lowest BCUT2D eigenvalue weighted by atomic mass is 9.97. The molecular formula is C13H16F3NOS.